The Hall–Kier alpha value is -3.41. The molecule has 0 aliphatic carbocycles. The molecule has 0 heterocycles. The van der Waals surface area contributed by atoms with Gasteiger partial charge in [0.25, 0.3) is 5.91 Å². The first-order chi connectivity index (χ1) is 19.1. The second-order valence-corrected chi connectivity index (χ2v) is 10.5. The number of hydrogen-bond acceptors (Lipinski definition) is 7. The van der Waals surface area contributed by atoms with E-state index in [2.05, 4.69) is 10.0 Å². The van der Waals surface area contributed by atoms with Crippen molar-refractivity contribution >= 4 is 44.9 Å². The Morgan fingerprint density at radius 1 is 1.07 bits per heavy atom. The summed E-state index contributed by atoms with van der Waals surface area (Å²) in [4.78, 5) is 36.9. The smallest absolute Gasteiger partial charge is 0.542 e. The largest absolute Gasteiger partial charge is 1.00 e. The van der Waals surface area contributed by atoms with Crippen molar-refractivity contribution in [1.82, 2.24) is 0 Å². The molecule has 0 saturated carbocycles. The molecule has 3 aromatic rings. The van der Waals surface area contributed by atoms with Gasteiger partial charge in [0.15, 0.2) is 12.4 Å². The van der Waals surface area contributed by atoms with Crippen LogP contribution in [0.1, 0.15) is 46.0 Å². The van der Waals surface area contributed by atoms with Gasteiger partial charge in [0, 0.05) is 16.3 Å². The number of sulfonamides is 1. The van der Waals surface area contributed by atoms with E-state index in [9.17, 15) is 36.0 Å². The molecule has 3 aromatic carbocycles. The normalized spacial score (nSPS) is 11.1. The van der Waals surface area contributed by atoms with E-state index < -0.39 is 51.5 Å². The number of carbonyl (C=O) groups excluding carboxylic acids is 3. The second-order valence-electron chi connectivity index (χ2n) is 8.51. The number of aryl methyl sites for hydroxylation is 1. The molecule has 0 fully saturated rings. The Morgan fingerprint density at radius 2 is 1.76 bits per heavy atom. The van der Waals surface area contributed by atoms with Gasteiger partial charge in [-0.25, -0.2) is 8.42 Å². The molecule has 2 amide bonds. The first-order valence-corrected chi connectivity index (χ1v) is 13.5. The van der Waals surface area contributed by atoms with E-state index in [-0.39, 0.29) is 68.5 Å². The molecule has 1 N–H and O–H groups in total. The predicted octanol–water partition coefficient (Wildman–Crippen LogP) is 2.79. The third-order valence-corrected chi connectivity index (χ3v) is 7.02. The van der Waals surface area contributed by atoms with Crippen LogP contribution in [0.5, 0.6) is 5.75 Å². The second kappa shape index (κ2) is 14.2. The molecule has 0 bridgehead atoms. The number of rotatable bonds is 9. The average Bonchev–Trinajstić information content (AvgIpc) is 2.91. The number of ether oxygens (including phenoxy) is 1. The zero-order valence-electron chi connectivity index (χ0n) is 22.4. The summed E-state index contributed by atoms with van der Waals surface area (Å²) < 4.78 is 73.1. The molecule has 0 spiro atoms. The number of amides is 2. The molecular formula is C27H20ClF3N3NaO6S. The number of benzene rings is 3. The molecule has 0 saturated heterocycles. The average molecular weight is 630 g/mol. The Morgan fingerprint density at radius 3 is 2.36 bits per heavy atom. The Balaban J connectivity index is 0.00000616. The van der Waals surface area contributed by atoms with E-state index in [0.29, 0.717) is 17.7 Å². The van der Waals surface area contributed by atoms with E-state index in [1.807, 2.05) is 0 Å². The van der Waals surface area contributed by atoms with Crippen LogP contribution in [0.3, 0.4) is 0 Å². The SMILES string of the molecule is CCC(=O)[N-]S(=O)(=O)c1ccc(NC(=O)COc2ccc(Cl)cc2C(=O)c2cc(C#N)cc(C(F)(F)F)c2)c(C)c1.[Na+]. The Labute approximate surface area is 266 Å². The van der Waals surface area contributed by atoms with E-state index >= 15 is 0 Å². The zero-order valence-corrected chi connectivity index (χ0v) is 25.9. The summed E-state index contributed by atoms with van der Waals surface area (Å²) in [7, 11) is -4.23. The van der Waals surface area contributed by atoms with Crippen LogP contribution in [0.25, 0.3) is 4.72 Å². The topological polar surface area (TPSA) is 144 Å². The minimum Gasteiger partial charge on any atom is -0.542 e. The van der Waals surface area contributed by atoms with Gasteiger partial charge in [0.1, 0.15) is 15.8 Å². The summed E-state index contributed by atoms with van der Waals surface area (Å²) in [6.07, 6.45) is -4.90. The molecule has 9 nitrogen and oxygen atoms in total. The van der Waals surface area contributed by atoms with Crippen molar-refractivity contribution in [2.75, 3.05) is 11.9 Å². The van der Waals surface area contributed by atoms with Crippen molar-refractivity contribution in [3.8, 4) is 11.8 Å². The first kappa shape index (κ1) is 34.8. The van der Waals surface area contributed by atoms with Crippen LogP contribution in [-0.2, 0) is 25.8 Å². The molecule has 0 atom stereocenters. The Kier molecular flexibility index (Phi) is 11.7. The molecule has 42 heavy (non-hydrogen) atoms. The van der Waals surface area contributed by atoms with Crippen molar-refractivity contribution in [2.24, 2.45) is 0 Å². The number of nitriles is 1. The zero-order chi connectivity index (χ0) is 30.5. The molecule has 0 unspecified atom stereocenters. The van der Waals surface area contributed by atoms with Crippen LogP contribution in [0.4, 0.5) is 18.9 Å². The molecular weight excluding hydrogens is 610 g/mol. The number of nitrogens with one attached hydrogen (secondary N) is 1. The van der Waals surface area contributed by atoms with E-state index in [1.165, 1.54) is 38.1 Å². The third kappa shape index (κ3) is 8.80. The van der Waals surface area contributed by atoms with Crippen LogP contribution >= 0.6 is 11.6 Å². The maximum atomic E-state index is 13.3. The number of ketones is 1. The number of hydrogen-bond donors (Lipinski definition) is 1. The summed E-state index contributed by atoms with van der Waals surface area (Å²) in [5, 5.41) is 11.7. The van der Waals surface area contributed by atoms with Crippen LogP contribution in [0, 0.1) is 18.3 Å². The van der Waals surface area contributed by atoms with Crippen molar-refractivity contribution in [3.63, 3.8) is 0 Å². The van der Waals surface area contributed by atoms with Crippen molar-refractivity contribution < 1.29 is 70.3 Å². The van der Waals surface area contributed by atoms with Crippen molar-refractivity contribution in [1.29, 1.82) is 5.26 Å². The monoisotopic (exact) mass is 629 g/mol. The van der Waals surface area contributed by atoms with Gasteiger partial charge < -0.3 is 19.6 Å². The van der Waals surface area contributed by atoms with Gasteiger partial charge in [0.2, 0.25) is 0 Å². The van der Waals surface area contributed by atoms with E-state index in [1.54, 1.807) is 6.07 Å². The van der Waals surface area contributed by atoms with Gasteiger partial charge in [-0.2, -0.15) is 18.4 Å². The van der Waals surface area contributed by atoms with E-state index in [0.717, 1.165) is 18.2 Å². The molecule has 15 heteroatoms. The van der Waals surface area contributed by atoms with Crippen LogP contribution in [0.15, 0.2) is 59.5 Å². The number of carbonyl (C=O) groups is 3. The van der Waals surface area contributed by atoms with E-state index in [4.69, 9.17) is 21.6 Å². The third-order valence-electron chi connectivity index (χ3n) is 5.49. The summed E-state index contributed by atoms with van der Waals surface area (Å²) in [5.74, 6) is -2.61. The first-order valence-electron chi connectivity index (χ1n) is 11.7. The fraction of sp³-hybridized carbons (Fsp3) is 0.185. The molecule has 0 aliphatic heterocycles. The molecule has 0 radical (unpaired) electrons. The van der Waals surface area contributed by atoms with Gasteiger partial charge in [0.05, 0.1) is 33.6 Å². The van der Waals surface area contributed by atoms with Gasteiger partial charge in [-0.3, -0.25) is 9.59 Å². The van der Waals surface area contributed by atoms with Gasteiger partial charge in [-0.15, -0.1) is 0 Å². The molecule has 214 valence electrons. The van der Waals surface area contributed by atoms with Gasteiger partial charge in [-0.05, 0) is 73.5 Å². The number of alkyl halides is 3. The van der Waals surface area contributed by atoms with Crippen LogP contribution < -0.4 is 39.6 Å². The number of anilines is 1. The van der Waals surface area contributed by atoms with Crippen molar-refractivity contribution in [2.45, 2.75) is 31.3 Å². The number of halogens is 4. The summed E-state index contributed by atoms with van der Waals surface area (Å²) >= 11 is 5.99. The molecule has 3 rings (SSSR count). The summed E-state index contributed by atoms with van der Waals surface area (Å²) in [6.45, 7) is 2.33. The summed E-state index contributed by atoms with van der Waals surface area (Å²) in [5.41, 5.74) is -1.70. The van der Waals surface area contributed by atoms with Crippen molar-refractivity contribution in [3.05, 3.63) is 92.2 Å². The van der Waals surface area contributed by atoms with Crippen LogP contribution in [0.2, 0.25) is 5.02 Å². The Bertz CT molecular complexity index is 1690. The molecule has 0 aliphatic rings. The standard InChI is InChI=1S/C27H21ClF3N3O6S.Na/c1-3-24(35)34-41(38,39)20-5-6-22(15(2)8-20)33-25(36)14-40-23-7-4-19(28)12-21(23)26(37)17-9-16(13-32)10-18(11-17)27(29,30)31;/h4-12H,3,14H2,1-2H3,(H2,33,34,35,36);/q;+1/p-1. The fourth-order valence-corrected chi connectivity index (χ4v) is 4.71. The fourth-order valence-electron chi connectivity index (χ4n) is 3.47. The van der Waals surface area contributed by atoms with Gasteiger partial charge >= 0.3 is 35.7 Å². The van der Waals surface area contributed by atoms with Crippen LogP contribution in [-0.4, -0.2) is 32.6 Å². The quantitative estimate of drug-likeness (QED) is 0.283. The predicted molar refractivity (Wildman–Crippen MR) is 142 cm³/mol. The summed E-state index contributed by atoms with van der Waals surface area (Å²) in [6, 6.07) is 11.2. The maximum absolute atomic E-state index is 13.3. The molecule has 0 aromatic heterocycles. The van der Waals surface area contributed by atoms with Gasteiger partial charge in [-0.1, -0.05) is 18.5 Å². The number of nitrogens with zero attached hydrogens (tertiary/aromatic N) is 2. The minimum atomic E-state index is -4.81. The minimum absolute atomic E-state index is 0. The maximum Gasteiger partial charge on any atom is 1.00 e.